The van der Waals surface area contributed by atoms with Crippen LogP contribution in [0.1, 0.15) is 6.23 Å². The maximum atomic E-state index is 10.6. The van der Waals surface area contributed by atoms with E-state index in [9.17, 15) is 24.9 Å². The average Bonchev–Trinajstić information content (AvgIpc) is 3.04. The molecule has 3 rings (SSSR count). The zero-order valence-electron chi connectivity index (χ0n) is 12.8. The molecular weight excluding hydrogens is 388 g/mol. The third-order valence-electron chi connectivity index (χ3n) is 3.52. The number of ether oxygens (including phenoxy) is 1. The fourth-order valence-electron chi connectivity index (χ4n) is 2.38. The zero-order valence-corrected chi connectivity index (χ0v) is 16.8. The van der Waals surface area contributed by atoms with Crippen LogP contribution < -0.4 is 61.8 Å². The van der Waals surface area contributed by atoms with Gasteiger partial charge >= 0.3 is 51.4 Å². The molecule has 1 saturated heterocycles. The van der Waals surface area contributed by atoms with Gasteiger partial charge in [-0.15, -0.1) is 0 Å². The third-order valence-corrected chi connectivity index (χ3v) is 4.00. The van der Waals surface area contributed by atoms with E-state index < -0.39 is 39.0 Å². The van der Waals surface area contributed by atoms with Crippen molar-refractivity contribution in [1.29, 1.82) is 5.41 Å². The van der Waals surface area contributed by atoms with Crippen molar-refractivity contribution >= 4 is 19.0 Å². The van der Waals surface area contributed by atoms with Gasteiger partial charge in [-0.05, 0) is 0 Å². The van der Waals surface area contributed by atoms with Crippen molar-refractivity contribution in [3.63, 3.8) is 0 Å². The number of imidazole rings is 1. The number of phosphoric acid groups is 1. The van der Waals surface area contributed by atoms with E-state index in [2.05, 4.69) is 14.5 Å². The average molecular weight is 401 g/mol. The van der Waals surface area contributed by atoms with E-state index >= 15 is 0 Å². The van der Waals surface area contributed by atoms with Gasteiger partial charge in [0.15, 0.2) is 22.9 Å². The maximum Gasteiger partial charge on any atom is 1.00 e. The fraction of sp³-hybridized carbons (Fsp3) is 0.500. The molecule has 1 aliphatic heterocycles. The van der Waals surface area contributed by atoms with E-state index in [0.717, 1.165) is 6.33 Å². The minimum Gasteiger partial charge on any atom is -0.756 e. The van der Waals surface area contributed by atoms with Crippen molar-refractivity contribution in [2.75, 3.05) is 6.61 Å². The van der Waals surface area contributed by atoms with E-state index in [1.54, 1.807) is 0 Å². The molecule has 13 nitrogen and oxygen atoms in total. The normalized spacial score (nSPS) is 28.6. The summed E-state index contributed by atoms with van der Waals surface area (Å²) in [5, 5.41) is 37.1. The van der Waals surface area contributed by atoms with Crippen LogP contribution in [-0.4, -0.2) is 64.5 Å². The predicted molar refractivity (Wildman–Crippen MR) is 70.3 cm³/mol. The molecule has 0 spiro atoms. The van der Waals surface area contributed by atoms with Crippen molar-refractivity contribution in [3.8, 4) is 0 Å². The van der Waals surface area contributed by atoms with Crippen LogP contribution in [0.4, 0.5) is 0 Å². The van der Waals surface area contributed by atoms with Crippen LogP contribution in [0.15, 0.2) is 12.7 Å². The minimum absolute atomic E-state index is 0. The van der Waals surface area contributed by atoms with Gasteiger partial charge in [-0.1, -0.05) is 0 Å². The summed E-state index contributed by atoms with van der Waals surface area (Å²) in [6, 6.07) is 0. The minimum atomic E-state index is -5.01. The van der Waals surface area contributed by atoms with Gasteiger partial charge in [-0.2, -0.15) is 4.73 Å². The number of aliphatic hydroxyl groups is 2. The molecule has 25 heavy (non-hydrogen) atoms. The molecule has 0 bridgehead atoms. The predicted octanol–water partition coefficient (Wildman–Crippen LogP) is -5.95. The summed E-state index contributed by atoms with van der Waals surface area (Å²) in [4.78, 5) is 27.0. The second kappa shape index (κ2) is 7.80. The van der Waals surface area contributed by atoms with Crippen LogP contribution in [0.2, 0.25) is 0 Å². The number of nitrogens with zero attached hydrogens (tertiary/aromatic N) is 4. The first kappa shape index (κ1) is 21.1. The SMILES string of the molecule is N=c1c2ncn([C@@H]3O[C@H](COP(=O)([O-])O)[C@@H](O)[C@H]3O)c2ncn1O.[K+]. The first-order chi connectivity index (χ1) is 11.2. The van der Waals surface area contributed by atoms with Gasteiger partial charge in [0.05, 0.1) is 12.9 Å². The Balaban J connectivity index is 0.00000225. The number of fused-ring (bicyclic) bond motifs is 1. The Morgan fingerprint density at radius 2 is 2.04 bits per heavy atom. The van der Waals surface area contributed by atoms with Crippen LogP contribution in [0.3, 0.4) is 0 Å². The summed E-state index contributed by atoms with van der Waals surface area (Å²) in [5.41, 5.74) is -0.233. The smallest absolute Gasteiger partial charge is 0.756 e. The Morgan fingerprint density at radius 3 is 2.68 bits per heavy atom. The molecule has 0 amide bonds. The van der Waals surface area contributed by atoms with Gasteiger partial charge in [0.1, 0.15) is 24.6 Å². The molecule has 2 aromatic rings. The molecule has 132 valence electrons. The largest absolute Gasteiger partial charge is 1.00 e. The topological polar surface area (TPSA) is 199 Å². The van der Waals surface area contributed by atoms with Crippen molar-refractivity contribution in [2.45, 2.75) is 24.5 Å². The van der Waals surface area contributed by atoms with E-state index in [0.29, 0.717) is 4.73 Å². The number of hydrogen-bond acceptors (Lipinski definition) is 10. The maximum absolute atomic E-state index is 10.6. The Bertz CT molecular complexity index is 867. The molecule has 15 heteroatoms. The van der Waals surface area contributed by atoms with Crippen molar-refractivity contribution in [1.82, 2.24) is 19.3 Å². The number of phosphoric ester groups is 1. The van der Waals surface area contributed by atoms with Crippen LogP contribution in [0, 0.1) is 5.41 Å². The van der Waals surface area contributed by atoms with Gasteiger partial charge in [-0.3, -0.25) is 14.5 Å². The molecule has 5 atom stereocenters. The number of aliphatic hydroxyl groups excluding tert-OH is 2. The summed E-state index contributed by atoms with van der Waals surface area (Å²) < 4.78 is 21.8. The molecule has 2 aromatic heterocycles. The van der Waals surface area contributed by atoms with Crippen LogP contribution in [0.25, 0.3) is 11.2 Å². The van der Waals surface area contributed by atoms with Gasteiger partial charge in [0.25, 0.3) is 7.82 Å². The molecular formula is C10H13KN5O8P. The number of hydrogen-bond donors (Lipinski definition) is 5. The quantitative estimate of drug-likeness (QED) is 0.187. The summed E-state index contributed by atoms with van der Waals surface area (Å²) in [6.07, 6.45) is -3.27. The van der Waals surface area contributed by atoms with Gasteiger partial charge in [-0.25, -0.2) is 9.97 Å². The van der Waals surface area contributed by atoms with Gasteiger partial charge in [0, 0.05) is 0 Å². The molecule has 1 fully saturated rings. The monoisotopic (exact) mass is 401 g/mol. The summed E-state index contributed by atoms with van der Waals surface area (Å²) in [7, 11) is -5.01. The van der Waals surface area contributed by atoms with Crippen molar-refractivity contribution < 1.29 is 90.4 Å². The van der Waals surface area contributed by atoms with Crippen LogP contribution in [0.5, 0.6) is 0 Å². The molecule has 3 heterocycles. The number of rotatable bonds is 4. The van der Waals surface area contributed by atoms with E-state index in [1.807, 2.05) is 0 Å². The Hall–Kier alpha value is -0.224. The second-order valence-electron chi connectivity index (χ2n) is 5.07. The van der Waals surface area contributed by atoms with Crippen molar-refractivity contribution in [2.24, 2.45) is 0 Å². The third kappa shape index (κ3) is 4.21. The number of aromatic nitrogens is 4. The Labute approximate surface area is 182 Å². The van der Waals surface area contributed by atoms with Gasteiger partial charge in [0.2, 0.25) is 0 Å². The number of nitrogens with one attached hydrogen (secondary N) is 1. The molecule has 5 N–H and O–H groups in total. The van der Waals surface area contributed by atoms with Crippen LogP contribution in [-0.2, 0) is 13.8 Å². The van der Waals surface area contributed by atoms with E-state index in [-0.39, 0.29) is 68.0 Å². The second-order valence-corrected chi connectivity index (χ2v) is 6.27. The molecule has 0 aliphatic carbocycles. The summed E-state index contributed by atoms with van der Waals surface area (Å²) in [5.74, 6) is 0. The molecule has 0 saturated carbocycles. The standard InChI is InChI=1S/C10H14N5O8P.K/c11-8-5-9(13-3-15(8)18)14(2-12-5)10-7(17)6(16)4(23-10)1-22-24(19,20)21;/h2-4,6-7,10-11,16-18H,1H2,(H2,19,20,21);/q;+1/p-1/t4-,6-,7-,10-;/m1./s1. The first-order valence-electron chi connectivity index (χ1n) is 6.57. The van der Waals surface area contributed by atoms with Gasteiger partial charge < -0.3 is 34.5 Å². The molecule has 0 aromatic carbocycles. The van der Waals surface area contributed by atoms with E-state index in [1.165, 1.54) is 10.9 Å². The Kier molecular flexibility index (Phi) is 6.57. The fourth-order valence-corrected chi connectivity index (χ4v) is 2.71. The van der Waals surface area contributed by atoms with E-state index in [4.69, 9.17) is 15.0 Å². The molecule has 1 aliphatic rings. The first-order valence-corrected chi connectivity index (χ1v) is 8.06. The molecule has 0 radical (unpaired) electrons. The Morgan fingerprint density at radius 1 is 1.36 bits per heavy atom. The summed E-state index contributed by atoms with van der Waals surface area (Å²) >= 11 is 0. The van der Waals surface area contributed by atoms with Crippen LogP contribution >= 0.6 is 7.82 Å². The van der Waals surface area contributed by atoms with Crippen molar-refractivity contribution in [3.05, 3.63) is 18.1 Å². The zero-order chi connectivity index (χ0) is 17.6. The summed E-state index contributed by atoms with van der Waals surface area (Å²) in [6.45, 7) is -0.702. The molecule has 1 unspecified atom stereocenters.